The van der Waals surface area contributed by atoms with Gasteiger partial charge >= 0.3 is 5.97 Å². The van der Waals surface area contributed by atoms with Gasteiger partial charge in [0.25, 0.3) is 0 Å². The van der Waals surface area contributed by atoms with E-state index in [0.717, 1.165) is 4.31 Å². The molecule has 0 fully saturated rings. The number of aromatic nitrogens is 1. The van der Waals surface area contributed by atoms with Crippen LogP contribution in [-0.2, 0) is 19.6 Å². The van der Waals surface area contributed by atoms with Crippen LogP contribution in [0.15, 0.2) is 23.2 Å². The van der Waals surface area contributed by atoms with Crippen molar-refractivity contribution < 1.29 is 17.9 Å². The van der Waals surface area contributed by atoms with Gasteiger partial charge in [-0.15, -0.1) is 0 Å². The average molecular weight is 315 g/mol. The molecule has 0 aliphatic carbocycles. The molecule has 0 unspecified atom stereocenters. The summed E-state index contributed by atoms with van der Waals surface area (Å²) in [5.41, 5.74) is 0. The van der Waals surface area contributed by atoms with E-state index in [1.807, 2.05) is 11.9 Å². The maximum Gasteiger partial charge on any atom is 0.305 e. The van der Waals surface area contributed by atoms with Gasteiger partial charge in [0, 0.05) is 40.3 Å². The first-order chi connectivity index (χ1) is 9.78. The smallest absolute Gasteiger partial charge is 0.305 e. The summed E-state index contributed by atoms with van der Waals surface area (Å²) >= 11 is 0. The first-order valence-electron chi connectivity index (χ1n) is 6.45. The van der Waals surface area contributed by atoms with Gasteiger partial charge in [0.05, 0.1) is 7.11 Å². The second-order valence-electron chi connectivity index (χ2n) is 4.74. The quantitative estimate of drug-likeness (QED) is 0.690. The summed E-state index contributed by atoms with van der Waals surface area (Å²) in [4.78, 5) is 17.2. The van der Waals surface area contributed by atoms with Crippen LogP contribution in [0.3, 0.4) is 0 Å². The maximum absolute atomic E-state index is 11.9. The molecule has 118 valence electrons. The number of rotatable bonds is 7. The molecule has 0 aliphatic heterocycles. The predicted octanol–water partition coefficient (Wildman–Crippen LogP) is 0.721. The number of anilines is 1. The van der Waals surface area contributed by atoms with Crippen molar-refractivity contribution in [2.45, 2.75) is 17.7 Å². The zero-order valence-corrected chi connectivity index (χ0v) is 13.6. The molecule has 0 saturated carbocycles. The summed E-state index contributed by atoms with van der Waals surface area (Å²) in [6, 6.07) is 3.17. The van der Waals surface area contributed by atoms with Crippen LogP contribution in [0.25, 0.3) is 0 Å². The average Bonchev–Trinajstić information content (AvgIpc) is 2.46. The summed E-state index contributed by atoms with van der Waals surface area (Å²) in [7, 11) is 2.68. The third kappa shape index (κ3) is 4.68. The Morgan fingerprint density at radius 3 is 2.43 bits per heavy atom. The van der Waals surface area contributed by atoms with Crippen LogP contribution in [0.1, 0.15) is 12.8 Å². The lowest BCUT2D eigenvalue weighted by molar-refractivity contribution is -0.140. The molecule has 0 aromatic carbocycles. The lowest BCUT2D eigenvalue weighted by Gasteiger charge is -2.18. The van der Waals surface area contributed by atoms with Gasteiger partial charge in [-0.1, -0.05) is 0 Å². The number of methoxy groups -OCH3 is 1. The van der Waals surface area contributed by atoms with Crippen LogP contribution in [0, 0.1) is 0 Å². The normalized spacial score (nSPS) is 11.5. The van der Waals surface area contributed by atoms with Crippen molar-refractivity contribution in [1.29, 1.82) is 0 Å². The number of carbonyl (C=O) groups is 1. The highest BCUT2D eigenvalue weighted by atomic mass is 32.2. The van der Waals surface area contributed by atoms with E-state index in [-0.39, 0.29) is 10.9 Å². The fraction of sp³-hybridized carbons (Fsp3) is 0.538. The molecule has 0 bridgehead atoms. The van der Waals surface area contributed by atoms with Gasteiger partial charge in [0.2, 0.25) is 10.0 Å². The van der Waals surface area contributed by atoms with Crippen molar-refractivity contribution in [3.05, 3.63) is 18.3 Å². The van der Waals surface area contributed by atoms with E-state index in [1.54, 1.807) is 6.07 Å². The molecule has 7 nitrogen and oxygen atoms in total. The van der Waals surface area contributed by atoms with Gasteiger partial charge in [-0.2, -0.15) is 0 Å². The number of ether oxygens (including phenoxy) is 1. The van der Waals surface area contributed by atoms with Gasteiger partial charge in [0.1, 0.15) is 10.7 Å². The molecule has 0 radical (unpaired) electrons. The van der Waals surface area contributed by atoms with E-state index in [2.05, 4.69) is 9.72 Å². The molecule has 21 heavy (non-hydrogen) atoms. The minimum Gasteiger partial charge on any atom is -0.469 e. The third-order valence-electron chi connectivity index (χ3n) is 2.99. The summed E-state index contributed by atoms with van der Waals surface area (Å²) in [6.45, 7) is 0.627. The van der Waals surface area contributed by atoms with E-state index in [9.17, 15) is 13.2 Å². The van der Waals surface area contributed by atoms with E-state index < -0.39 is 10.0 Å². The topological polar surface area (TPSA) is 79.8 Å². The molecule has 0 amide bonds. The minimum absolute atomic E-state index is 0.152. The summed E-state index contributed by atoms with van der Waals surface area (Å²) in [6.07, 6.45) is 2.32. The number of sulfonamides is 1. The number of hydrogen-bond donors (Lipinski definition) is 0. The Morgan fingerprint density at radius 2 is 1.95 bits per heavy atom. The van der Waals surface area contributed by atoms with Crippen molar-refractivity contribution in [3.63, 3.8) is 0 Å². The number of hydrogen-bond acceptors (Lipinski definition) is 6. The van der Waals surface area contributed by atoms with Crippen LogP contribution in [0.5, 0.6) is 0 Å². The molecule has 0 spiro atoms. The Morgan fingerprint density at radius 1 is 1.29 bits per heavy atom. The molecule has 1 aromatic heterocycles. The number of nitrogens with zero attached hydrogens (tertiary/aromatic N) is 3. The molecule has 0 atom stereocenters. The number of esters is 1. The highest BCUT2D eigenvalue weighted by Crippen LogP contribution is 2.16. The molecule has 0 N–H and O–H groups in total. The molecule has 1 rings (SSSR count). The minimum atomic E-state index is -3.46. The van der Waals surface area contributed by atoms with Crippen molar-refractivity contribution >= 4 is 21.8 Å². The van der Waals surface area contributed by atoms with E-state index >= 15 is 0 Å². The summed E-state index contributed by atoms with van der Waals surface area (Å²) in [5.74, 6) is 0.404. The molecule has 8 heteroatoms. The largest absolute Gasteiger partial charge is 0.469 e. The Balaban J connectivity index is 2.68. The Labute approximate surface area is 125 Å². The lowest BCUT2D eigenvalue weighted by Crippen LogP contribution is -2.23. The zero-order valence-electron chi connectivity index (χ0n) is 12.7. The van der Waals surface area contributed by atoms with Crippen LogP contribution >= 0.6 is 0 Å². The van der Waals surface area contributed by atoms with Crippen LogP contribution < -0.4 is 4.90 Å². The van der Waals surface area contributed by atoms with Crippen LogP contribution in [-0.4, -0.2) is 58.5 Å². The summed E-state index contributed by atoms with van der Waals surface area (Å²) in [5, 5.41) is 0. The van der Waals surface area contributed by atoms with E-state index in [4.69, 9.17) is 0 Å². The van der Waals surface area contributed by atoms with Gasteiger partial charge in [-0.05, 0) is 18.6 Å². The standard InChI is InChI=1S/C13H21N3O4S/c1-15(2)21(18,19)11-7-8-12(14-10-11)16(3)9-5-6-13(17)20-4/h7-8,10H,5-6,9H2,1-4H3. The molecule has 1 heterocycles. The molecular weight excluding hydrogens is 294 g/mol. The van der Waals surface area contributed by atoms with Gasteiger partial charge in [-0.25, -0.2) is 17.7 Å². The fourth-order valence-electron chi connectivity index (χ4n) is 1.64. The Hall–Kier alpha value is -1.67. The van der Waals surface area contributed by atoms with Gasteiger partial charge in [0.15, 0.2) is 0 Å². The van der Waals surface area contributed by atoms with E-state index in [1.165, 1.54) is 33.5 Å². The molecule has 1 aromatic rings. The Kier molecular flexibility index (Phi) is 6.10. The second kappa shape index (κ2) is 7.37. The van der Waals surface area contributed by atoms with Crippen LogP contribution in [0.2, 0.25) is 0 Å². The molecular formula is C13H21N3O4S. The number of pyridine rings is 1. The molecule has 0 saturated heterocycles. The van der Waals surface area contributed by atoms with Crippen molar-refractivity contribution in [1.82, 2.24) is 9.29 Å². The lowest BCUT2D eigenvalue weighted by atomic mass is 10.3. The van der Waals surface area contributed by atoms with Crippen molar-refractivity contribution in [2.24, 2.45) is 0 Å². The van der Waals surface area contributed by atoms with Crippen molar-refractivity contribution in [2.75, 3.05) is 39.7 Å². The monoisotopic (exact) mass is 315 g/mol. The summed E-state index contributed by atoms with van der Waals surface area (Å²) < 4.78 is 29.5. The first-order valence-corrected chi connectivity index (χ1v) is 7.89. The molecule has 0 aliphatic rings. The van der Waals surface area contributed by atoms with E-state index in [0.29, 0.717) is 25.2 Å². The third-order valence-corrected chi connectivity index (χ3v) is 4.79. The number of carbonyl (C=O) groups excluding carboxylic acids is 1. The first kappa shape index (κ1) is 17.4. The fourth-order valence-corrected chi connectivity index (χ4v) is 2.49. The van der Waals surface area contributed by atoms with Crippen molar-refractivity contribution in [3.8, 4) is 0 Å². The van der Waals surface area contributed by atoms with Gasteiger partial charge < -0.3 is 9.64 Å². The SMILES string of the molecule is COC(=O)CCCN(C)c1ccc(S(=O)(=O)N(C)C)cn1. The van der Waals surface area contributed by atoms with Gasteiger partial charge in [-0.3, -0.25) is 4.79 Å². The highest BCUT2D eigenvalue weighted by molar-refractivity contribution is 7.89. The Bertz CT molecular complexity index is 570. The second-order valence-corrected chi connectivity index (χ2v) is 6.89. The zero-order chi connectivity index (χ0) is 16.0. The predicted molar refractivity (Wildman–Crippen MR) is 79.6 cm³/mol. The highest BCUT2D eigenvalue weighted by Gasteiger charge is 2.17. The van der Waals surface area contributed by atoms with Crippen LogP contribution in [0.4, 0.5) is 5.82 Å². The maximum atomic E-state index is 11.9.